The van der Waals surface area contributed by atoms with Crippen molar-refractivity contribution < 1.29 is 21.6 Å². The fourth-order valence-electron chi connectivity index (χ4n) is 3.89. The Kier molecular flexibility index (Phi) is 4.59. The zero-order valence-electron chi connectivity index (χ0n) is 15.3. The number of sulfonamides is 2. The van der Waals surface area contributed by atoms with Gasteiger partial charge < -0.3 is 5.32 Å². The van der Waals surface area contributed by atoms with Crippen LogP contribution in [0, 0.1) is 0 Å². The second kappa shape index (κ2) is 6.71. The average molecular weight is 424 g/mol. The zero-order valence-corrected chi connectivity index (χ0v) is 17.0. The van der Waals surface area contributed by atoms with Crippen molar-refractivity contribution in [2.75, 3.05) is 30.2 Å². The highest BCUT2D eigenvalue weighted by Crippen LogP contribution is 2.41. The first-order chi connectivity index (χ1) is 13.2. The highest BCUT2D eigenvalue weighted by molar-refractivity contribution is 7.93. The SMILES string of the molecule is CS(=O)(=O)N1CCCC(NC(=O)CN2c3cccc4cccc(c34)S2(=O)=O)C1. The number of carbonyl (C=O) groups excluding carboxylic acids is 1. The predicted octanol–water partition coefficient (Wildman–Crippen LogP) is 0.889. The largest absolute Gasteiger partial charge is 0.350 e. The highest BCUT2D eigenvalue weighted by Gasteiger charge is 2.37. The summed E-state index contributed by atoms with van der Waals surface area (Å²) in [6.07, 6.45) is 2.44. The van der Waals surface area contributed by atoms with E-state index < -0.39 is 26.0 Å². The van der Waals surface area contributed by atoms with Crippen molar-refractivity contribution in [2.24, 2.45) is 0 Å². The maximum absolute atomic E-state index is 12.9. The molecule has 150 valence electrons. The lowest BCUT2D eigenvalue weighted by molar-refractivity contribution is -0.120. The van der Waals surface area contributed by atoms with Gasteiger partial charge in [-0.1, -0.05) is 24.3 Å². The number of nitrogens with zero attached hydrogens (tertiary/aromatic N) is 2. The predicted molar refractivity (Wildman–Crippen MR) is 106 cm³/mol. The first kappa shape index (κ1) is 19.2. The van der Waals surface area contributed by atoms with E-state index in [1.165, 1.54) is 4.31 Å². The summed E-state index contributed by atoms with van der Waals surface area (Å²) in [5.41, 5.74) is 0.490. The molecule has 1 fully saturated rings. The Bertz CT molecular complexity index is 1160. The van der Waals surface area contributed by atoms with Crippen molar-refractivity contribution in [3.8, 4) is 0 Å². The molecular formula is C18H21N3O5S2. The second-order valence-electron chi connectivity index (χ2n) is 7.17. The fraction of sp³-hybridized carbons (Fsp3) is 0.389. The van der Waals surface area contributed by atoms with E-state index in [-0.39, 0.29) is 24.0 Å². The molecule has 2 aromatic carbocycles. The van der Waals surface area contributed by atoms with Crippen LogP contribution in [0.2, 0.25) is 0 Å². The number of amides is 1. The summed E-state index contributed by atoms with van der Waals surface area (Å²) in [6, 6.07) is 10.0. The van der Waals surface area contributed by atoms with Crippen LogP contribution >= 0.6 is 0 Å². The third-order valence-electron chi connectivity index (χ3n) is 5.19. The van der Waals surface area contributed by atoms with E-state index in [0.29, 0.717) is 30.5 Å². The Morgan fingerprint density at radius 3 is 2.64 bits per heavy atom. The number of piperidine rings is 1. The lowest BCUT2D eigenvalue weighted by atomic mass is 10.1. The van der Waals surface area contributed by atoms with E-state index in [9.17, 15) is 21.6 Å². The summed E-state index contributed by atoms with van der Waals surface area (Å²) in [7, 11) is -7.12. The quantitative estimate of drug-likeness (QED) is 0.787. The minimum Gasteiger partial charge on any atom is -0.350 e. The average Bonchev–Trinajstić information content (AvgIpc) is 2.85. The molecule has 2 aliphatic heterocycles. The van der Waals surface area contributed by atoms with Crippen LogP contribution in [0.5, 0.6) is 0 Å². The van der Waals surface area contributed by atoms with E-state index >= 15 is 0 Å². The topological polar surface area (TPSA) is 104 Å². The third-order valence-corrected chi connectivity index (χ3v) is 8.26. The van der Waals surface area contributed by atoms with E-state index in [1.54, 1.807) is 24.3 Å². The van der Waals surface area contributed by atoms with Gasteiger partial charge in [-0.2, -0.15) is 0 Å². The number of hydrogen-bond acceptors (Lipinski definition) is 5. The molecule has 0 bridgehead atoms. The summed E-state index contributed by atoms with van der Waals surface area (Å²) in [5.74, 6) is -0.450. The van der Waals surface area contributed by atoms with Gasteiger partial charge in [0.05, 0.1) is 16.8 Å². The molecule has 1 atom stereocenters. The van der Waals surface area contributed by atoms with Crippen LogP contribution < -0.4 is 9.62 Å². The molecule has 0 saturated carbocycles. The van der Waals surface area contributed by atoms with Crippen LogP contribution in [0.4, 0.5) is 5.69 Å². The van der Waals surface area contributed by atoms with E-state index in [4.69, 9.17) is 0 Å². The summed E-state index contributed by atoms with van der Waals surface area (Å²) < 4.78 is 51.8. The fourth-order valence-corrected chi connectivity index (χ4v) is 6.47. The Morgan fingerprint density at radius 1 is 1.21 bits per heavy atom. The van der Waals surface area contributed by atoms with E-state index in [0.717, 1.165) is 15.9 Å². The maximum Gasteiger partial charge on any atom is 0.265 e. The van der Waals surface area contributed by atoms with Gasteiger partial charge in [-0.25, -0.2) is 21.1 Å². The molecule has 0 aromatic heterocycles. The van der Waals surface area contributed by atoms with Crippen molar-refractivity contribution in [1.29, 1.82) is 0 Å². The molecular weight excluding hydrogens is 402 g/mol. The Morgan fingerprint density at radius 2 is 1.93 bits per heavy atom. The molecule has 2 heterocycles. The van der Waals surface area contributed by atoms with Crippen molar-refractivity contribution in [3.63, 3.8) is 0 Å². The summed E-state index contributed by atoms with van der Waals surface area (Å²) in [6.45, 7) is 0.293. The van der Waals surface area contributed by atoms with E-state index in [1.807, 2.05) is 12.1 Å². The molecule has 0 aliphatic carbocycles. The molecule has 10 heteroatoms. The van der Waals surface area contributed by atoms with Crippen LogP contribution in [0.3, 0.4) is 0 Å². The molecule has 2 aliphatic rings. The Balaban J connectivity index is 1.54. The third kappa shape index (κ3) is 3.25. The molecule has 2 aromatic rings. The smallest absolute Gasteiger partial charge is 0.265 e. The van der Waals surface area contributed by atoms with Crippen LogP contribution in [-0.4, -0.2) is 59.0 Å². The van der Waals surface area contributed by atoms with Crippen LogP contribution in [0.15, 0.2) is 41.3 Å². The summed E-state index contributed by atoms with van der Waals surface area (Å²) in [5, 5.41) is 4.22. The lowest BCUT2D eigenvalue weighted by Crippen LogP contribution is -2.51. The molecule has 1 amide bonds. The van der Waals surface area contributed by atoms with Crippen molar-refractivity contribution in [3.05, 3.63) is 36.4 Å². The van der Waals surface area contributed by atoms with Crippen LogP contribution in [0.25, 0.3) is 10.8 Å². The molecule has 0 spiro atoms. The van der Waals surface area contributed by atoms with Crippen LogP contribution in [0.1, 0.15) is 12.8 Å². The Hall–Kier alpha value is -2.17. The number of anilines is 1. The van der Waals surface area contributed by atoms with Gasteiger partial charge in [-0.3, -0.25) is 9.10 Å². The molecule has 4 rings (SSSR count). The lowest BCUT2D eigenvalue weighted by Gasteiger charge is -2.31. The molecule has 8 nitrogen and oxygen atoms in total. The number of benzene rings is 2. The summed E-state index contributed by atoms with van der Waals surface area (Å²) in [4.78, 5) is 12.8. The molecule has 28 heavy (non-hydrogen) atoms. The monoisotopic (exact) mass is 423 g/mol. The Labute approximate surface area is 164 Å². The zero-order chi connectivity index (χ0) is 20.1. The first-order valence-corrected chi connectivity index (χ1v) is 12.3. The van der Waals surface area contributed by atoms with Gasteiger partial charge in [-0.05, 0) is 30.4 Å². The normalized spacial score (nSPS) is 21.8. The van der Waals surface area contributed by atoms with Crippen LogP contribution in [-0.2, 0) is 24.8 Å². The van der Waals surface area contributed by atoms with Gasteiger partial charge in [0.15, 0.2) is 0 Å². The summed E-state index contributed by atoms with van der Waals surface area (Å²) >= 11 is 0. The van der Waals surface area contributed by atoms with Crippen molar-refractivity contribution in [2.45, 2.75) is 23.8 Å². The van der Waals surface area contributed by atoms with Gasteiger partial charge in [0.2, 0.25) is 15.9 Å². The number of carbonyl (C=O) groups is 1. The first-order valence-electron chi connectivity index (χ1n) is 8.97. The second-order valence-corrected chi connectivity index (χ2v) is 11.0. The highest BCUT2D eigenvalue weighted by atomic mass is 32.2. The minimum atomic E-state index is -3.80. The number of nitrogens with one attached hydrogen (secondary N) is 1. The number of rotatable bonds is 4. The van der Waals surface area contributed by atoms with Crippen molar-refractivity contribution >= 4 is 42.4 Å². The molecule has 0 radical (unpaired) electrons. The van der Waals surface area contributed by atoms with Crippen molar-refractivity contribution in [1.82, 2.24) is 9.62 Å². The molecule has 1 N–H and O–H groups in total. The minimum absolute atomic E-state index is 0.202. The van der Waals surface area contributed by atoms with Gasteiger partial charge >= 0.3 is 0 Å². The maximum atomic E-state index is 12.9. The van der Waals surface area contributed by atoms with Gasteiger partial charge in [-0.15, -0.1) is 0 Å². The van der Waals surface area contributed by atoms with Gasteiger partial charge in [0.1, 0.15) is 6.54 Å². The molecule has 1 unspecified atom stereocenters. The van der Waals surface area contributed by atoms with E-state index in [2.05, 4.69) is 5.32 Å². The number of hydrogen-bond donors (Lipinski definition) is 1. The standard InChI is InChI=1S/C18H21N3O5S2/c1-27(23,24)20-10-4-7-14(11-20)19-17(22)12-21-15-8-2-5-13-6-3-9-16(18(13)15)28(21,25)26/h2-3,5-6,8-9,14H,4,7,10-12H2,1H3,(H,19,22). The molecule has 1 saturated heterocycles. The van der Waals surface area contributed by atoms with Gasteiger partial charge in [0, 0.05) is 24.5 Å². The van der Waals surface area contributed by atoms with Gasteiger partial charge in [0.25, 0.3) is 10.0 Å².